The summed E-state index contributed by atoms with van der Waals surface area (Å²) in [6.45, 7) is 0. The SMILES string of the molecule is CNSc1ccc(SC)c(Nc2ncnc3cc(OC)c(OC)cc23)c1. The molecule has 0 unspecified atom stereocenters. The van der Waals surface area contributed by atoms with Gasteiger partial charge in [0, 0.05) is 21.2 Å². The van der Waals surface area contributed by atoms with E-state index in [1.165, 1.54) is 0 Å². The third-order valence-corrected chi connectivity index (χ3v) is 5.27. The summed E-state index contributed by atoms with van der Waals surface area (Å²) in [5.41, 5.74) is 1.78. The van der Waals surface area contributed by atoms with Crippen LogP contribution >= 0.6 is 23.7 Å². The van der Waals surface area contributed by atoms with Gasteiger partial charge in [-0.2, -0.15) is 0 Å². The van der Waals surface area contributed by atoms with Gasteiger partial charge in [-0.15, -0.1) is 11.8 Å². The first-order chi connectivity index (χ1) is 12.7. The number of methoxy groups -OCH3 is 2. The lowest BCUT2D eigenvalue weighted by Crippen LogP contribution is -1.99. The van der Waals surface area contributed by atoms with E-state index in [1.54, 1.807) is 44.3 Å². The Morgan fingerprint density at radius 2 is 1.77 bits per heavy atom. The maximum atomic E-state index is 5.42. The van der Waals surface area contributed by atoms with Crippen molar-refractivity contribution >= 4 is 46.1 Å². The molecule has 0 radical (unpaired) electrons. The molecular weight excluding hydrogens is 368 g/mol. The molecule has 8 heteroatoms. The van der Waals surface area contributed by atoms with E-state index < -0.39 is 0 Å². The van der Waals surface area contributed by atoms with Crippen molar-refractivity contribution in [2.75, 3.05) is 32.8 Å². The highest BCUT2D eigenvalue weighted by Gasteiger charge is 2.12. The first-order valence-electron chi connectivity index (χ1n) is 7.85. The van der Waals surface area contributed by atoms with Crippen molar-refractivity contribution in [2.45, 2.75) is 9.79 Å². The number of aromatic nitrogens is 2. The standard InChI is InChI=1S/C18H20N4O2S2/c1-19-26-11-5-6-17(25-4)14(7-11)22-18-12-8-15(23-2)16(24-3)9-13(12)20-10-21-18/h5-10,19H,1-4H3,(H,20,21,22). The zero-order valence-corrected chi connectivity index (χ0v) is 16.6. The quantitative estimate of drug-likeness (QED) is 0.458. The Labute approximate surface area is 161 Å². The molecule has 1 heterocycles. The van der Waals surface area contributed by atoms with Crippen LogP contribution in [-0.4, -0.2) is 37.5 Å². The van der Waals surface area contributed by atoms with Crippen LogP contribution in [0.5, 0.6) is 11.5 Å². The zero-order valence-electron chi connectivity index (χ0n) is 15.0. The van der Waals surface area contributed by atoms with E-state index in [1.807, 2.05) is 19.2 Å². The second-order valence-corrected chi connectivity index (χ2v) is 7.17. The van der Waals surface area contributed by atoms with E-state index in [2.05, 4.69) is 44.5 Å². The van der Waals surface area contributed by atoms with E-state index in [-0.39, 0.29) is 0 Å². The molecule has 0 atom stereocenters. The molecule has 0 aliphatic heterocycles. The van der Waals surface area contributed by atoms with Crippen LogP contribution in [0.4, 0.5) is 11.5 Å². The Morgan fingerprint density at radius 3 is 2.46 bits per heavy atom. The molecule has 2 aromatic carbocycles. The van der Waals surface area contributed by atoms with Crippen molar-refractivity contribution in [3.63, 3.8) is 0 Å². The maximum absolute atomic E-state index is 5.42. The highest BCUT2D eigenvalue weighted by molar-refractivity contribution is 7.98. The molecule has 1 aromatic heterocycles. The number of benzene rings is 2. The molecule has 3 rings (SSSR count). The lowest BCUT2D eigenvalue weighted by molar-refractivity contribution is 0.356. The molecule has 0 aliphatic rings. The van der Waals surface area contributed by atoms with Crippen molar-refractivity contribution in [2.24, 2.45) is 0 Å². The van der Waals surface area contributed by atoms with Gasteiger partial charge in [0.05, 0.1) is 25.4 Å². The van der Waals surface area contributed by atoms with Crippen LogP contribution in [-0.2, 0) is 0 Å². The number of hydrogen-bond donors (Lipinski definition) is 2. The summed E-state index contributed by atoms with van der Waals surface area (Å²) >= 11 is 3.25. The predicted octanol–water partition coefficient (Wildman–Crippen LogP) is 4.34. The van der Waals surface area contributed by atoms with Crippen LogP contribution in [0, 0.1) is 0 Å². The Bertz CT molecular complexity index is 921. The normalized spacial score (nSPS) is 10.8. The maximum Gasteiger partial charge on any atom is 0.162 e. The van der Waals surface area contributed by atoms with Crippen LogP contribution in [0.3, 0.4) is 0 Å². The average molecular weight is 389 g/mol. The second-order valence-electron chi connectivity index (χ2n) is 5.24. The first-order valence-corrected chi connectivity index (χ1v) is 9.89. The topological polar surface area (TPSA) is 68.3 Å². The Hall–Kier alpha value is -2.16. The lowest BCUT2D eigenvalue weighted by Gasteiger charge is -2.14. The number of hydrogen-bond acceptors (Lipinski definition) is 8. The third-order valence-electron chi connectivity index (χ3n) is 3.78. The molecule has 0 saturated carbocycles. The highest BCUT2D eigenvalue weighted by Crippen LogP contribution is 2.36. The molecule has 0 amide bonds. The summed E-state index contributed by atoms with van der Waals surface area (Å²) in [6.07, 6.45) is 3.60. The number of nitrogens with zero attached hydrogens (tertiary/aromatic N) is 2. The molecule has 0 aliphatic carbocycles. The summed E-state index contributed by atoms with van der Waals surface area (Å²) in [7, 11) is 5.13. The molecule has 136 valence electrons. The summed E-state index contributed by atoms with van der Waals surface area (Å²) in [5, 5.41) is 4.31. The molecular formula is C18H20N4O2S2. The van der Waals surface area contributed by atoms with Gasteiger partial charge in [0.25, 0.3) is 0 Å². The van der Waals surface area contributed by atoms with Crippen molar-refractivity contribution in [3.05, 3.63) is 36.7 Å². The van der Waals surface area contributed by atoms with E-state index in [0.717, 1.165) is 32.2 Å². The lowest BCUT2D eigenvalue weighted by atomic mass is 10.2. The van der Waals surface area contributed by atoms with Gasteiger partial charge in [-0.25, -0.2) is 9.97 Å². The third kappa shape index (κ3) is 3.82. The Kier molecular flexibility index (Phi) is 6.08. The Morgan fingerprint density at radius 1 is 1.00 bits per heavy atom. The summed E-state index contributed by atoms with van der Waals surface area (Å²) in [4.78, 5) is 11.0. The van der Waals surface area contributed by atoms with Gasteiger partial charge >= 0.3 is 0 Å². The molecule has 0 saturated heterocycles. The van der Waals surface area contributed by atoms with Gasteiger partial charge in [-0.1, -0.05) is 0 Å². The van der Waals surface area contributed by atoms with Gasteiger partial charge in [-0.05, 0) is 49.5 Å². The van der Waals surface area contributed by atoms with Crippen LogP contribution in [0.25, 0.3) is 10.9 Å². The van der Waals surface area contributed by atoms with Crippen molar-refractivity contribution in [3.8, 4) is 11.5 Å². The fourth-order valence-electron chi connectivity index (χ4n) is 2.58. The van der Waals surface area contributed by atoms with Crippen LogP contribution in [0.1, 0.15) is 0 Å². The monoisotopic (exact) mass is 388 g/mol. The van der Waals surface area contributed by atoms with Gasteiger partial charge in [0.2, 0.25) is 0 Å². The minimum atomic E-state index is 0.641. The number of fused-ring (bicyclic) bond motifs is 1. The van der Waals surface area contributed by atoms with E-state index in [4.69, 9.17) is 9.47 Å². The molecule has 0 spiro atoms. The first kappa shape index (κ1) is 18.6. The predicted molar refractivity (Wildman–Crippen MR) is 109 cm³/mol. The Balaban J connectivity index is 2.07. The number of rotatable bonds is 7. The van der Waals surface area contributed by atoms with Gasteiger partial charge in [0.1, 0.15) is 12.1 Å². The largest absolute Gasteiger partial charge is 0.493 e. The zero-order chi connectivity index (χ0) is 18.5. The van der Waals surface area contributed by atoms with Crippen LogP contribution < -0.4 is 19.5 Å². The summed E-state index contributed by atoms with van der Waals surface area (Å²) < 4.78 is 13.9. The van der Waals surface area contributed by atoms with Gasteiger partial charge in [-0.3, -0.25) is 4.72 Å². The molecule has 0 bridgehead atoms. The fraction of sp³-hybridized carbons (Fsp3) is 0.222. The van der Waals surface area contributed by atoms with Crippen molar-refractivity contribution in [1.29, 1.82) is 0 Å². The minimum Gasteiger partial charge on any atom is -0.493 e. The highest BCUT2D eigenvalue weighted by atomic mass is 32.2. The van der Waals surface area contributed by atoms with Gasteiger partial charge < -0.3 is 14.8 Å². The average Bonchev–Trinajstić information content (AvgIpc) is 2.67. The van der Waals surface area contributed by atoms with Gasteiger partial charge in [0.15, 0.2) is 11.5 Å². The second kappa shape index (κ2) is 8.48. The molecule has 6 nitrogen and oxygen atoms in total. The van der Waals surface area contributed by atoms with E-state index >= 15 is 0 Å². The fourth-order valence-corrected chi connectivity index (χ4v) is 3.66. The number of nitrogens with one attached hydrogen (secondary N) is 2. The van der Waals surface area contributed by atoms with Crippen molar-refractivity contribution < 1.29 is 9.47 Å². The molecule has 2 N–H and O–H groups in total. The number of thioether (sulfide) groups is 1. The minimum absolute atomic E-state index is 0.641. The van der Waals surface area contributed by atoms with E-state index in [9.17, 15) is 0 Å². The number of anilines is 2. The molecule has 3 aromatic rings. The van der Waals surface area contributed by atoms with Crippen LogP contribution in [0.15, 0.2) is 46.5 Å². The molecule has 0 fully saturated rings. The van der Waals surface area contributed by atoms with Crippen molar-refractivity contribution in [1.82, 2.24) is 14.7 Å². The summed E-state index contributed by atoms with van der Waals surface area (Å²) in [6, 6.07) is 10.0. The summed E-state index contributed by atoms with van der Waals surface area (Å²) in [5.74, 6) is 2.00. The van der Waals surface area contributed by atoms with E-state index in [0.29, 0.717) is 11.5 Å². The van der Waals surface area contributed by atoms with Crippen LogP contribution in [0.2, 0.25) is 0 Å². The smallest absolute Gasteiger partial charge is 0.162 e. The molecule has 26 heavy (non-hydrogen) atoms. The number of ether oxygens (including phenoxy) is 2.